The molecule has 2 aliphatic rings. The number of hydrogen-bond donors (Lipinski definition) is 1. The molecule has 0 saturated heterocycles. The topological polar surface area (TPSA) is 79.4 Å². The molecule has 1 N–H and O–H groups in total. The molecule has 0 spiro atoms. The molecule has 2 aromatic rings. The van der Waals surface area contributed by atoms with E-state index in [9.17, 15) is 13.2 Å². The van der Waals surface area contributed by atoms with Gasteiger partial charge in [0.15, 0.2) is 0 Å². The quantitative estimate of drug-likeness (QED) is 0.909. The van der Waals surface area contributed by atoms with Crippen molar-refractivity contribution in [3.63, 3.8) is 0 Å². The van der Waals surface area contributed by atoms with Crippen molar-refractivity contribution >= 4 is 21.6 Å². The minimum atomic E-state index is -3.57. The first-order valence-corrected chi connectivity index (χ1v) is 8.84. The van der Waals surface area contributed by atoms with Crippen LogP contribution in [-0.2, 0) is 34.3 Å². The number of anilines is 1. The zero-order valence-corrected chi connectivity index (χ0v) is 13.1. The summed E-state index contributed by atoms with van der Waals surface area (Å²) < 4.78 is 27.2. The Balaban J connectivity index is 1.67. The summed E-state index contributed by atoms with van der Waals surface area (Å²) in [4.78, 5) is 15.9. The average molecular weight is 329 g/mol. The van der Waals surface area contributed by atoms with Crippen molar-refractivity contribution in [2.45, 2.75) is 30.8 Å². The van der Waals surface area contributed by atoms with Crippen molar-refractivity contribution < 1.29 is 13.2 Å². The van der Waals surface area contributed by atoms with E-state index in [4.69, 9.17) is 0 Å². The summed E-state index contributed by atoms with van der Waals surface area (Å²) in [6.07, 6.45) is 2.62. The molecule has 0 aliphatic carbocycles. The highest BCUT2D eigenvalue weighted by Crippen LogP contribution is 2.30. The lowest BCUT2D eigenvalue weighted by molar-refractivity contribution is -0.116. The SMILES string of the molecule is O=C1CCc2cc(S(=O)(=O)N3Cc4cccnc4C3)ccc2N1. The molecule has 6 nitrogen and oxygen atoms in total. The van der Waals surface area contributed by atoms with Crippen LogP contribution in [0.3, 0.4) is 0 Å². The van der Waals surface area contributed by atoms with E-state index in [1.165, 1.54) is 4.31 Å². The summed E-state index contributed by atoms with van der Waals surface area (Å²) in [6.45, 7) is 0.644. The highest BCUT2D eigenvalue weighted by atomic mass is 32.2. The van der Waals surface area contributed by atoms with Gasteiger partial charge >= 0.3 is 0 Å². The molecule has 118 valence electrons. The number of nitrogens with zero attached hydrogens (tertiary/aromatic N) is 2. The number of benzene rings is 1. The molecule has 0 unspecified atom stereocenters. The maximum absolute atomic E-state index is 12.9. The summed E-state index contributed by atoms with van der Waals surface area (Å²) >= 11 is 0. The minimum absolute atomic E-state index is 0.0332. The van der Waals surface area contributed by atoms with Gasteiger partial charge in [0, 0.05) is 24.8 Å². The predicted octanol–water partition coefficient (Wildman–Crippen LogP) is 1.67. The van der Waals surface area contributed by atoms with Gasteiger partial charge in [-0.05, 0) is 41.8 Å². The van der Waals surface area contributed by atoms with Crippen LogP contribution >= 0.6 is 0 Å². The zero-order valence-electron chi connectivity index (χ0n) is 12.3. The van der Waals surface area contributed by atoms with E-state index in [1.54, 1.807) is 24.4 Å². The second-order valence-corrected chi connectivity index (χ2v) is 7.69. The second kappa shape index (κ2) is 5.14. The number of pyridine rings is 1. The fraction of sp³-hybridized carbons (Fsp3) is 0.250. The highest BCUT2D eigenvalue weighted by Gasteiger charge is 2.31. The maximum atomic E-state index is 12.9. The van der Waals surface area contributed by atoms with Crippen LogP contribution in [0.15, 0.2) is 41.4 Å². The predicted molar refractivity (Wildman–Crippen MR) is 84.1 cm³/mol. The third-order valence-corrected chi connectivity index (χ3v) is 6.05. The minimum Gasteiger partial charge on any atom is -0.326 e. The number of nitrogens with one attached hydrogen (secondary N) is 1. The first-order chi connectivity index (χ1) is 11.0. The molecule has 2 aliphatic heterocycles. The molecule has 0 saturated carbocycles. The first-order valence-electron chi connectivity index (χ1n) is 7.40. The Morgan fingerprint density at radius 3 is 2.78 bits per heavy atom. The van der Waals surface area contributed by atoms with E-state index in [2.05, 4.69) is 10.3 Å². The third kappa shape index (κ3) is 2.42. The van der Waals surface area contributed by atoms with Crippen molar-refractivity contribution in [1.82, 2.24) is 9.29 Å². The van der Waals surface area contributed by atoms with Gasteiger partial charge in [-0.15, -0.1) is 0 Å². The number of carbonyl (C=O) groups is 1. The first kappa shape index (κ1) is 14.3. The molecule has 0 bridgehead atoms. The monoisotopic (exact) mass is 329 g/mol. The Kier molecular flexibility index (Phi) is 3.21. The summed E-state index contributed by atoms with van der Waals surface area (Å²) in [5.74, 6) is -0.0332. The lowest BCUT2D eigenvalue weighted by atomic mass is 10.0. The van der Waals surface area contributed by atoms with Gasteiger partial charge in [-0.2, -0.15) is 4.31 Å². The molecule has 23 heavy (non-hydrogen) atoms. The van der Waals surface area contributed by atoms with Gasteiger partial charge in [-0.3, -0.25) is 9.78 Å². The van der Waals surface area contributed by atoms with Crippen LogP contribution < -0.4 is 5.32 Å². The summed E-state index contributed by atoms with van der Waals surface area (Å²) in [7, 11) is -3.57. The van der Waals surface area contributed by atoms with E-state index < -0.39 is 10.0 Å². The standard InChI is InChI=1S/C16H15N3O3S/c20-16-6-3-11-8-13(4-5-14(11)18-16)23(21,22)19-9-12-2-1-7-17-15(12)10-19/h1-2,4-5,7-8H,3,6,9-10H2,(H,18,20). The fourth-order valence-corrected chi connectivity index (χ4v) is 4.44. The third-order valence-electron chi connectivity index (χ3n) is 4.27. The molecule has 1 amide bonds. The number of rotatable bonds is 2. The van der Waals surface area contributed by atoms with Crippen LogP contribution in [0.2, 0.25) is 0 Å². The Hall–Kier alpha value is -2.25. The lowest BCUT2D eigenvalue weighted by Gasteiger charge is -2.20. The van der Waals surface area contributed by atoms with Crippen LogP contribution in [0.5, 0.6) is 0 Å². The summed E-state index contributed by atoms with van der Waals surface area (Å²) in [5, 5.41) is 2.76. The molecule has 7 heteroatoms. The average Bonchev–Trinajstić information content (AvgIpc) is 2.99. The van der Waals surface area contributed by atoms with Gasteiger partial charge < -0.3 is 5.32 Å². The van der Waals surface area contributed by atoms with E-state index in [0.29, 0.717) is 31.6 Å². The Bertz CT molecular complexity index is 884. The largest absolute Gasteiger partial charge is 0.326 e. The fourth-order valence-electron chi connectivity index (χ4n) is 3.01. The highest BCUT2D eigenvalue weighted by molar-refractivity contribution is 7.89. The number of sulfonamides is 1. The van der Waals surface area contributed by atoms with Crippen LogP contribution in [0, 0.1) is 0 Å². The molecular formula is C16H15N3O3S. The second-order valence-electron chi connectivity index (χ2n) is 5.75. The summed E-state index contributed by atoms with van der Waals surface area (Å²) in [5.41, 5.74) is 3.31. The van der Waals surface area contributed by atoms with Gasteiger partial charge in [-0.1, -0.05) is 6.07 Å². The molecule has 1 aromatic heterocycles. The van der Waals surface area contributed by atoms with Gasteiger partial charge in [0.1, 0.15) is 0 Å². The smallest absolute Gasteiger partial charge is 0.243 e. The molecule has 4 rings (SSSR count). The molecular weight excluding hydrogens is 314 g/mol. The van der Waals surface area contributed by atoms with Crippen LogP contribution in [0.25, 0.3) is 0 Å². The molecule has 0 atom stereocenters. The molecule has 0 radical (unpaired) electrons. The van der Waals surface area contributed by atoms with Crippen molar-refractivity contribution in [2.75, 3.05) is 5.32 Å². The molecule has 3 heterocycles. The van der Waals surface area contributed by atoms with Crippen LogP contribution in [0.4, 0.5) is 5.69 Å². The zero-order chi connectivity index (χ0) is 16.0. The van der Waals surface area contributed by atoms with Gasteiger partial charge in [0.05, 0.1) is 17.1 Å². The van der Waals surface area contributed by atoms with Crippen molar-refractivity contribution in [3.05, 3.63) is 53.3 Å². The number of fused-ring (bicyclic) bond motifs is 2. The number of hydrogen-bond acceptors (Lipinski definition) is 4. The number of amides is 1. The Morgan fingerprint density at radius 2 is 1.96 bits per heavy atom. The van der Waals surface area contributed by atoms with Crippen LogP contribution in [-0.4, -0.2) is 23.6 Å². The van der Waals surface area contributed by atoms with Crippen molar-refractivity contribution in [2.24, 2.45) is 0 Å². The van der Waals surface area contributed by atoms with Crippen LogP contribution in [0.1, 0.15) is 23.2 Å². The Morgan fingerprint density at radius 1 is 1.09 bits per heavy atom. The Labute approximate surface area is 134 Å². The van der Waals surface area contributed by atoms with Crippen molar-refractivity contribution in [1.29, 1.82) is 0 Å². The normalized spacial score (nSPS) is 17.5. The number of aromatic nitrogens is 1. The van der Waals surface area contributed by atoms with E-state index in [1.807, 2.05) is 12.1 Å². The number of aryl methyl sites for hydroxylation is 1. The lowest BCUT2D eigenvalue weighted by Crippen LogP contribution is -2.26. The van der Waals surface area contributed by atoms with Crippen molar-refractivity contribution in [3.8, 4) is 0 Å². The summed E-state index contributed by atoms with van der Waals surface area (Å²) in [6, 6.07) is 8.61. The van der Waals surface area contributed by atoms with E-state index >= 15 is 0 Å². The van der Waals surface area contributed by atoms with Gasteiger partial charge in [0.2, 0.25) is 15.9 Å². The number of carbonyl (C=O) groups excluding carboxylic acids is 1. The van der Waals surface area contributed by atoms with Gasteiger partial charge in [0.25, 0.3) is 0 Å². The van der Waals surface area contributed by atoms with E-state index in [-0.39, 0.29) is 10.8 Å². The van der Waals surface area contributed by atoms with Gasteiger partial charge in [-0.25, -0.2) is 8.42 Å². The van der Waals surface area contributed by atoms with E-state index in [0.717, 1.165) is 16.8 Å². The molecule has 1 aromatic carbocycles. The maximum Gasteiger partial charge on any atom is 0.243 e. The molecule has 0 fully saturated rings.